The van der Waals surface area contributed by atoms with Gasteiger partial charge in [-0.15, -0.1) is 0 Å². The van der Waals surface area contributed by atoms with E-state index in [1.54, 1.807) is 0 Å². The number of hydrogen-bond acceptors (Lipinski definition) is 3. The standard InChI is InChI=1S/C29H38N2O3/c1-2-26(24-13-6-3-7-14-24)28(33)31-20-12-17-29(22-31,23-34-25-15-8-4-9-16-25)21-27(32)30-18-10-5-11-19-30/h3-4,6-9,13-16,26H,2,5,10-12,17-23H2,1H3/t26-,29+/m0/s1. The van der Waals surface area contributed by atoms with Gasteiger partial charge in [-0.2, -0.15) is 0 Å². The zero-order chi connectivity index (χ0) is 23.8. The van der Waals surface area contributed by atoms with Gasteiger partial charge in [-0.25, -0.2) is 0 Å². The largest absolute Gasteiger partial charge is 0.493 e. The first kappa shape index (κ1) is 24.3. The van der Waals surface area contributed by atoms with Crippen molar-refractivity contribution in [3.05, 3.63) is 66.2 Å². The van der Waals surface area contributed by atoms with E-state index in [4.69, 9.17) is 4.74 Å². The Morgan fingerprint density at radius 3 is 2.21 bits per heavy atom. The molecule has 0 aromatic heterocycles. The maximum absolute atomic E-state index is 13.7. The van der Waals surface area contributed by atoms with Crippen LogP contribution in [0.2, 0.25) is 0 Å². The Morgan fingerprint density at radius 2 is 1.53 bits per heavy atom. The molecule has 2 saturated heterocycles. The van der Waals surface area contributed by atoms with E-state index in [1.807, 2.05) is 70.5 Å². The Bertz CT molecular complexity index is 927. The normalized spacial score (nSPS) is 21.7. The van der Waals surface area contributed by atoms with Crippen LogP contribution in [0.4, 0.5) is 0 Å². The zero-order valence-corrected chi connectivity index (χ0v) is 20.5. The summed E-state index contributed by atoms with van der Waals surface area (Å²) in [5.41, 5.74) is 0.698. The third-order valence-electron chi connectivity index (χ3n) is 7.40. The van der Waals surface area contributed by atoms with E-state index in [2.05, 4.69) is 6.92 Å². The molecule has 0 aliphatic carbocycles. The highest BCUT2D eigenvalue weighted by Gasteiger charge is 2.42. The summed E-state index contributed by atoms with van der Waals surface area (Å²) in [7, 11) is 0. The maximum Gasteiger partial charge on any atom is 0.230 e. The number of nitrogens with zero attached hydrogens (tertiary/aromatic N) is 2. The van der Waals surface area contributed by atoms with E-state index in [1.165, 1.54) is 6.42 Å². The minimum atomic E-state index is -0.368. The predicted molar refractivity (Wildman–Crippen MR) is 135 cm³/mol. The second-order valence-electron chi connectivity index (χ2n) is 9.95. The molecule has 2 aliphatic rings. The third kappa shape index (κ3) is 5.99. The van der Waals surface area contributed by atoms with Crippen molar-refractivity contribution >= 4 is 11.8 Å². The van der Waals surface area contributed by atoms with Crippen LogP contribution in [0.3, 0.4) is 0 Å². The zero-order valence-electron chi connectivity index (χ0n) is 20.5. The molecule has 5 heteroatoms. The molecule has 2 aliphatic heterocycles. The van der Waals surface area contributed by atoms with E-state index in [0.717, 1.165) is 63.1 Å². The SMILES string of the molecule is CC[C@H](C(=O)N1CCC[C@@](COc2ccccc2)(CC(=O)N2CCCCC2)C1)c1ccccc1. The fourth-order valence-electron chi connectivity index (χ4n) is 5.50. The van der Waals surface area contributed by atoms with E-state index in [0.29, 0.717) is 19.6 Å². The van der Waals surface area contributed by atoms with Crippen LogP contribution in [0, 0.1) is 5.41 Å². The van der Waals surface area contributed by atoms with Crippen molar-refractivity contribution in [3.8, 4) is 5.75 Å². The Kier molecular flexibility index (Phi) is 8.25. The summed E-state index contributed by atoms with van der Waals surface area (Å²) in [6, 6.07) is 19.9. The van der Waals surface area contributed by atoms with Crippen LogP contribution in [0.1, 0.15) is 63.4 Å². The molecule has 182 valence electrons. The van der Waals surface area contributed by atoms with Gasteiger partial charge < -0.3 is 14.5 Å². The predicted octanol–water partition coefficient (Wildman–Crippen LogP) is 5.27. The molecule has 2 atom stereocenters. The van der Waals surface area contributed by atoms with Crippen LogP contribution >= 0.6 is 0 Å². The highest BCUT2D eigenvalue weighted by molar-refractivity contribution is 5.84. The van der Waals surface area contributed by atoms with Crippen molar-refractivity contribution in [2.45, 2.75) is 57.8 Å². The first-order valence-electron chi connectivity index (χ1n) is 12.9. The van der Waals surface area contributed by atoms with Crippen molar-refractivity contribution in [2.24, 2.45) is 5.41 Å². The maximum atomic E-state index is 13.7. The molecule has 2 amide bonds. The van der Waals surface area contributed by atoms with Gasteiger partial charge in [0.05, 0.1) is 12.5 Å². The lowest BCUT2D eigenvalue weighted by atomic mass is 9.76. The minimum absolute atomic E-state index is 0.148. The first-order chi connectivity index (χ1) is 16.6. The first-order valence-corrected chi connectivity index (χ1v) is 12.9. The average molecular weight is 463 g/mol. The summed E-state index contributed by atoms with van der Waals surface area (Å²) in [5, 5.41) is 0. The molecule has 0 radical (unpaired) electrons. The molecule has 0 N–H and O–H groups in total. The van der Waals surface area contributed by atoms with Gasteiger partial charge in [0, 0.05) is 38.0 Å². The highest BCUT2D eigenvalue weighted by Crippen LogP contribution is 2.37. The monoisotopic (exact) mass is 462 g/mol. The number of hydrogen-bond donors (Lipinski definition) is 0. The third-order valence-corrected chi connectivity index (χ3v) is 7.40. The second kappa shape index (κ2) is 11.5. The number of rotatable bonds is 8. The van der Waals surface area contributed by atoms with Crippen molar-refractivity contribution in [2.75, 3.05) is 32.8 Å². The Labute approximate surface area is 204 Å². The number of benzene rings is 2. The van der Waals surface area contributed by atoms with Gasteiger partial charge in [0.25, 0.3) is 0 Å². The van der Waals surface area contributed by atoms with Gasteiger partial charge in [0.15, 0.2) is 0 Å². The molecule has 0 spiro atoms. The van der Waals surface area contributed by atoms with Crippen molar-refractivity contribution in [1.29, 1.82) is 0 Å². The molecule has 0 unspecified atom stereocenters. The second-order valence-corrected chi connectivity index (χ2v) is 9.95. The number of amides is 2. The minimum Gasteiger partial charge on any atom is -0.493 e. The van der Waals surface area contributed by atoms with E-state index < -0.39 is 0 Å². The summed E-state index contributed by atoms with van der Waals surface area (Å²) in [4.78, 5) is 31.0. The Balaban J connectivity index is 1.52. The molecule has 2 aromatic rings. The van der Waals surface area contributed by atoms with Gasteiger partial charge in [-0.05, 0) is 56.2 Å². The fraction of sp³-hybridized carbons (Fsp3) is 0.517. The van der Waals surface area contributed by atoms with Gasteiger partial charge in [-0.3, -0.25) is 9.59 Å². The number of ether oxygens (including phenoxy) is 1. The van der Waals surface area contributed by atoms with E-state index in [9.17, 15) is 9.59 Å². The summed E-state index contributed by atoms with van der Waals surface area (Å²) in [6.07, 6.45) is 6.35. The summed E-state index contributed by atoms with van der Waals surface area (Å²) in [5.74, 6) is 1.04. The Morgan fingerprint density at radius 1 is 0.882 bits per heavy atom. The van der Waals surface area contributed by atoms with Crippen LogP contribution in [-0.4, -0.2) is 54.4 Å². The molecular formula is C29H38N2O3. The molecule has 0 saturated carbocycles. The average Bonchev–Trinajstić information content (AvgIpc) is 2.90. The van der Waals surface area contributed by atoms with E-state index >= 15 is 0 Å². The highest BCUT2D eigenvalue weighted by atomic mass is 16.5. The molecule has 4 rings (SSSR count). The molecule has 2 heterocycles. The number of likely N-dealkylation sites (tertiary alicyclic amines) is 2. The van der Waals surface area contributed by atoms with Crippen molar-refractivity contribution < 1.29 is 14.3 Å². The molecule has 2 aromatic carbocycles. The summed E-state index contributed by atoms with van der Waals surface area (Å²) < 4.78 is 6.23. The molecule has 0 bridgehead atoms. The molecule has 34 heavy (non-hydrogen) atoms. The lowest BCUT2D eigenvalue weighted by Crippen LogP contribution is -2.52. The lowest BCUT2D eigenvalue weighted by Gasteiger charge is -2.44. The quantitative estimate of drug-likeness (QED) is 0.537. The number of carbonyl (C=O) groups excluding carboxylic acids is 2. The summed E-state index contributed by atoms with van der Waals surface area (Å²) >= 11 is 0. The van der Waals surface area contributed by atoms with Crippen LogP contribution < -0.4 is 4.74 Å². The number of piperidine rings is 2. The van der Waals surface area contributed by atoms with Gasteiger partial charge >= 0.3 is 0 Å². The van der Waals surface area contributed by atoms with Crippen molar-refractivity contribution in [3.63, 3.8) is 0 Å². The van der Waals surface area contributed by atoms with Gasteiger partial charge in [0.2, 0.25) is 11.8 Å². The van der Waals surface area contributed by atoms with Crippen LogP contribution in [0.5, 0.6) is 5.75 Å². The van der Waals surface area contributed by atoms with Gasteiger partial charge in [0.1, 0.15) is 5.75 Å². The van der Waals surface area contributed by atoms with E-state index in [-0.39, 0.29) is 23.1 Å². The molecule has 5 nitrogen and oxygen atoms in total. The fourth-order valence-corrected chi connectivity index (χ4v) is 5.50. The van der Waals surface area contributed by atoms with Gasteiger partial charge in [-0.1, -0.05) is 55.5 Å². The topological polar surface area (TPSA) is 49.9 Å². The van der Waals surface area contributed by atoms with Crippen LogP contribution in [0.25, 0.3) is 0 Å². The van der Waals surface area contributed by atoms with Crippen LogP contribution in [-0.2, 0) is 9.59 Å². The number of para-hydroxylation sites is 1. The Hall–Kier alpha value is -2.82. The smallest absolute Gasteiger partial charge is 0.230 e. The number of carbonyl (C=O) groups is 2. The van der Waals surface area contributed by atoms with Crippen molar-refractivity contribution in [1.82, 2.24) is 9.80 Å². The lowest BCUT2D eigenvalue weighted by molar-refractivity contribution is -0.143. The summed E-state index contributed by atoms with van der Waals surface area (Å²) in [6.45, 7) is 5.54. The van der Waals surface area contributed by atoms with Crippen LogP contribution in [0.15, 0.2) is 60.7 Å². The molecule has 2 fully saturated rings. The molecular weight excluding hydrogens is 424 g/mol.